The highest BCUT2D eigenvalue weighted by Crippen LogP contribution is 1.97. The van der Waals surface area contributed by atoms with Crippen molar-refractivity contribution < 1.29 is 0 Å². The van der Waals surface area contributed by atoms with Crippen LogP contribution in [0.25, 0.3) is 0 Å². The second-order valence-corrected chi connectivity index (χ2v) is 3.50. The van der Waals surface area contributed by atoms with Gasteiger partial charge < -0.3 is 4.57 Å². The van der Waals surface area contributed by atoms with E-state index in [0.717, 1.165) is 6.54 Å². The molecule has 0 radical (unpaired) electrons. The molecule has 0 unspecified atom stereocenters. The molecule has 70 valence electrons. The highest BCUT2D eigenvalue weighted by Gasteiger charge is 1.91. The van der Waals surface area contributed by atoms with Crippen molar-refractivity contribution in [2.45, 2.75) is 32.7 Å². The van der Waals surface area contributed by atoms with Crippen LogP contribution >= 0.6 is 28.3 Å². The molecule has 0 spiro atoms. The summed E-state index contributed by atoms with van der Waals surface area (Å²) in [5.74, 6) is 0. The molecule has 0 aromatic carbocycles. The normalized spacial score (nSPS) is 9.42. The Morgan fingerprint density at radius 1 is 1.50 bits per heavy atom. The maximum absolute atomic E-state index is 7.47. The molecule has 1 rings (SSSR count). The average molecular weight is 251 g/mol. The minimum Gasteiger partial charge on any atom is -0.324 e. The summed E-state index contributed by atoms with van der Waals surface area (Å²) in [6.45, 7) is 3.20. The van der Waals surface area contributed by atoms with Crippen LogP contribution in [0.2, 0.25) is 0 Å². The third-order valence-corrected chi connectivity index (χ3v) is 2.40. The summed E-state index contributed by atoms with van der Waals surface area (Å²) in [4.78, 5) is 0.668. The van der Waals surface area contributed by atoms with Crippen molar-refractivity contribution in [2.75, 3.05) is 0 Å². The Morgan fingerprint density at radius 3 is 2.75 bits per heavy atom. The van der Waals surface area contributed by atoms with E-state index in [1.807, 2.05) is 16.1 Å². The van der Waals surface area contributed by atoms with E-state index in [0.29, 0.717) is 4.80 Å². The molecule has 1 heterocycles. The second-order valence-electron chi connectivity index (χ2n) is 2.61. The van der Waals surface area contributed by atoms with Gasteiger partial charge in [0.2, 0.25) is 0 Å². The van der Waals surface area contributed by atoms with Crippen LogP contribution in [0.3, 0.4) is 0 Å². The first-order valence-corrected chi connectivity index (χ1v) is 4.91. The molecule has 12 heavy (non-hydrogen) atoms. The van der Waals surface area contributed by atoms with E-state index in [4.69, 9.17) is 5.41 Å². The standard InChI is InChI=1S/C8H14N2S.BrH/c1-2-3-4-5-10-6-7-11-8(10)9;/h6-7,9H,2-5H2,1H3;1H. The van der Waals surface area contributed by atoms with Crippen LogP contribution in [0.4, 0.5) is 0 Å². The predicted octanol–water partition coefficient (Wildman–Crippen LogP) is 2.80. The molecule has 0 amide bonds. The molecule has 0 fully saturated rings. The van der Waals surface area contributed by atoms with Gasteiger partial charge in [0, 0.05) is 18.1 Å². The van der Waals surface area contributed by atoms with Gasteiger partial charge in [-0.3, -0.25) is 5.41 Å². The lowest BCUT2D eigenvalue weighted by atomic mass is 10.2. The van der Waals surface area contributed by atoms with E-state index < -0.39 is 0 Å². The lowest BCUT2D eigenvalue weighted by Crippen LogP contribution is -2.11. The molecule has 0 saturated heterocycles. The van der Waals surface area contributed by atoms with Crippen LogP contribution in [0, 0.1) is 5.41 Å². The zero-order chi connectivity index (χ0) is 8.10. The van der Waals surface area contributed by atoms with Crippen molar-refractivity contribution in [1.82, 2.24) is 4.57 Å². The summed E-state index contributed by atoms with van der Waals surface area (Å²) in [5.41, 5.74) is 0. The molecule has 1 aromatic rings. The number of halogens is 1. The van der Waals surface area contributed by atoms with Crippen LogP contribution in [0.15, 0.2) is 11.6 Å². The quantitative estimate of drug-likeness (QED) is 0.797. The SMILES string of the molecule is Br.CCCCCn1ccsc1=N. The topological polar surface area (TPSA) is 28.8 Å². The number of aromatic nitrogens is 1. The molecule has 1 aromatic heterocycles. The summed E-state index contributed by atoms with van der Waals surface area (Å²) in [6.07, 6.45) is 5.70. The number of unbranched alkanes of at least 4 members (excludes halogenated alkanes) is 2. The number of nitrogens with zero attached hydrogens (tertiary/aromatic N) is 1. The minimum absolute atomic E-state index is 0. The number of nitrogens with one attached hydrogen (secondary N) is 1. The Labute approximate surface area is 87.5 Å². The lowest BCUT2D eigenvalue weighted by Gasteiger charge is -1.99. The van der Waals surface area contributed by atoms with Crippen LogP contribution in [0.1, 0.15) is 26.2 Å². The van der Waals surface area contributed by atoms with Gasteiger partial charge in [-0.2, -0.15) is 0 Å². The van der Waals surface area contributed by atoms with Crippen LogP contribution in [-0.2, 0) is 6.54 Å². The first-order valence-electron chi connectivity index (χ1n) is 4.03. The van der Waals surface area contributed by atoms with Gasteiger partial charge in [-0.15, -0.1) is 28.3 Å². The van der Waals surface area contributed by atoms with Crippen LogP contribution < -0.4 is 4.80 Å². The maximum Gasteiger partial charge on any atom is 0.181 e. The van der Waals surface area contributed by atoms with Gasteiger partial charge in [-0.1, -0.05) is 19.8 Å². The zero-order valence-corrected chi connectivity index (χ0v) is 9.78. The molecule has 4 heteroatoms. The summed E-state index contributed by atoms with van der Waals surface area (Å²) >= 11 is 1.49. The van der Waals surface area contributed by atoms with Gasteiger partial charge in [0.25, 0.3) is 0 Å². The number of hydrogen-bond acceptors (Lipinski definition) is 2. The van der Waals surface area contributed by atoms with Crippen LogP contribution in [-0.4, -0.2) is 4.57 Å². The molecule has 1 N–H and O–H groups in total. The smallest absolute Gasteiger partial charge is 0.181 e. The van der Waals surface area contributed by atoms with Gasteiger partial charge in [0.15, 0.2) is 4.80 Å². The first-order chi connectivity index (χ1) is 5.34. The molecule has 0 aliphatic rings. The van der Waals surface area contributed by atoms with E-state index in [1.165, 1.54) is 30.6 Å². The Morgan fingerprint density at radius 2 is 2.25 bits per heavy atom. The molecular weight excluding hydrogens is 236 g/mol. The van der Waals surface area contributed by atoms with Gasteiger partial charge in [-0.05, 0) is 6.42 Å². The minimum atomic E-state index is 0. The van der Waals surface area contributed by atoms with Crippen molar-refractivity contribution in [3.05, 3.63) is 16.4 Å². The molecule has 0 atom stereocenters. The number of thiazole rings is 1. The van der Waals surface area contributed by atoms with Crippen molar-refractivity contribution in [2.24, 2.45) is 0 Å². The highest BCUT2D eigenvalue weighted by atomic mass is 79.9. The van der Waals surface area contributed by atoms with Gasteiger partial charge in [0.05, 0.1) is 0 Å². The maximum atomic E-state index is 7.47. The Kier molecular flexibility index (Phi) is 6.38. The molecule has 0 aliphatic heterocycles. The predicted molar refractivity (Wildman–Crippen MR) is 58.0 cm³/mol. The summed E-state index contributed by atoms with van der Waals surface area (Å²) in [6, 6.07) is 0. The first kappa shape index (κ1) is 11.9. The molecule has 0 aliphatic carbocycles. The lowest BCUT2D eigenvalue weighted by molar-refractivity contribution is 0.588. The van der Waals surface area contributed by atoms with Crippen molar-refractivity contribution in [3.63, 3.8) is 0 Å². The second kappa shape index (κ2) is 6.43. The Bertz CT molecular complexity index is 254. The Balaban J connectivity index is 0.00000121. The molecule has 0 saturated carbocycles. The zero-order valence-electron chi connectivity index (χ0n) is 7.25. The van der Waals surface area contributed by atoms with E-state index in [-0.39, 0.29) is 17.0 Å². The Hall–Kier alpha value is -0.0900. The largest absolute Gasteiger partial charge is 0.324 e. The van der Waals surface area contributed by atoms with E-state index >= 15 is 0 Å². The van der Waals surface area contributed by atoms with E-state index in [9.17, 15) is 0 Å². The van der Waals surface area contributed by atoms with Gasteiger partial charge >= 0.3 is 0 Å². The highest BCUT2D eigenvalue weighted by molar-refractivity contribution is 8.93. The van der Waals surface area contributed by atoms with Gasteiger partial charge in [-0.25, -0.2) is 0 Å². The monoisotopic (exact) mass is 250 g/mol. The van der Waals surface area contributed by atoms with E-state index in [2.05, 4.69) is 6.92 Å². The summed E-state index contributed by atoms with van der Waals surface area (Å²) in [5, 5.41) is 9.43. The fraction of sp³-hybridized carbons (Fsp3) is 0.625. The fourth-order valence-corrected chi connectivity index (χ4v) is 1.64. The van der Waals surface area contributed by atoms with Crippen molar-refractivity contribution in [1.29, 1.82) is 5.41 Å². The van der Waals surface area contributed by atoms with Crippen LogP contribution in [0.5, 0.6) is 0 Å². The third kappa shape index (κ3) is 3.54. The third-order valence-electron chi connectivity index (χ3n) is 1.68. The van der Waals surface area contributed by atoms with E-state index in [1.54, 1.807) is 0 Å². The number of aryl methyl sites for hydroxylation is 1. The average Bonchev–Trinajstić information content (AvgIpc) is 2.37. The van der Waals surface area contributed by atoms with Crippen molar-refractivity contribution in [3.8, 4) is 0 Å². The van der Waals surface area contributed by atoms with Gasteiger partial charge in [0.1, 0.15) is 0 Å². The number of hydrogen-bond donors (Lipinski definition) is 1. The summed E-state index contributed by atoms with van der Waals surface area (Å²) < 4.78 is 2.00. The fourth-order valence-electron chi connectivity index (χ4n) is 1.01. The molecule has 2 nitrogen and oxygen atoms in total. The summed E-state index contributed by atoms with van der Waals surface area (Å²) in [7, 11) is 0. The number of rotatable bonds is 4. The molecular formula is C8H15BrN2S. The van der Waals surface area contributed by atoms with Crippen molar-refractivity contribution >= 4 is 28.3 Å². The molecule has 0 bridgehead atoms.